The lowest BCUT2D eigenvalue weighted by atomic mass is 10.1. The first-order valence-electron chi connectivity index (χ1n) is 10.2. The monoisotopic (exact) mass is 511 g/mol. The van der Waals surface area contributed by atoms with Crippen molar-refractivity contribution in [2.24, 2.45) is 0 Å². The van der Waals surface area contributed by atoms with Crippen molar-refractivity contribution in [1.82, 2.24) is 15.5 Å². The molecule has 172 valence electrons. The fourth-order valence-electron chi connectivity index (χ4n) is 3.09. The summed E-state index contributed by atoms with van der Waals surface area (Å²) in [4.78, 5) is 25.7. The van der Waals surface area contributed by atoms with Gasteiger partial charge in [0, 0.05) is 27.7 Å². The van der Waals surface area contributed by atoms with Crippen LogP contribution in [0.3, 0.4) is 0 Å². The molecule has 0 saturated heterocycles. The first kappa shape index (κ1) is 23.7. The number of urea groups is 1. The maximum atomic E-state index is 13.1. The summed E-state index contributed by atoms with van der Waals surface area (Å²) in [7, 11) is 0. The number of halogens is 2. The first-order chi connectivity index (χ1) is 16.5. The minimum atomic E-state index is -0.849. The highest BCUT2D eigenvalue weighted by Gasteiger charge is 2.23. The summed E-state index contributed by atoms with van der Waals surface area (Å²) < 4.78 is 0. The van der Waals surface area contributed by atoms with Crippen molar-refractivity contribution in [1.29, 1.82) is 0 Å². The van der Waals surface area contributed by atoms with Gasteiger partial charge in [-0.05, 0) is 42.0 Å². The molecule has 4 aromatic rings. The smallest absolute Gasteiger partial charge is 0.319 e. The largest absolute Gasteiger partial charge is 0.326 e. The number of hydrogen-bond donors (Lipinski definition) is 3. The average molecular weight is 512 g/mol. The van der Waals surface area contributed by atoms with E-state index in [4.69, 9.17) is 23.2 Å². The first-order valence-corrected chi connectivity index (χ1v) is 11.8. The number of rotatable bonds is 7. The van der Waals surface area contributed by atoms with Gasteiger partial charge < -0.3 is 10.6 Å². The van der Waals surface area contributed by atoms with Crippen LogP contribution in [0, 0.1) is 0 Å². The van der Waals surface area contributed by atoms with Gasteiger partial charge in [0.15, 0.2) is 0 Å². The Morgan fingerprint density at radius 2 is 1.47 bits per heavy atom. The highest BCUT2D eigenvalue weighted by Crippen LogP contribution is 2.27. The van der Waals surface area contributed by atoms with E-state index in [0.717, 1.165) is 11.1 Å². The zero-order valence-electron chi connectivity index (χ0n) is 17.7. The maximum absolute atomic E-state index is 13.1. The Labute approximate surface area is 210 Å². The Morgan fingerprint density at radius 3 is 2.15 bits per heavy atom. The van der Waals surface area contributed by atoms with E-state index in [-0.39, 0.29) is 0 Å². The molecule has 7 nitrogen and oxygen atoms in total. The topological polar surface area (TPSA) is 96.0 Å². The lowest BCUT2D eigenvalue weighted by Crippen LogP contribution is -2.46. The summed E-state index contributed by atoms with van der Waals surface area (Å²) in [6.07, 6.45) is 0.295. The Kier molecular flexibility index (Phi) is 7.74. The van der Waals surface area contributed by atoms with Crippen LogP contribution in [0.5, 0.6) is 0 Å². The van der Waals surface area contributed by atoms with E-state index in [1.54, 1.807) is 36.4 Å². The standard InChI is InChI=1S/C24H19Cl2N5O2S/c25-17-8-6-16(7-9-17)22-30-31-24(34-22)29-21(32)20(14-15-4-2-1-3-5-15)28-23(33)27-19-12-10-18(26)11-13-19/h1-13,20H,14H2,(H2,27,28,33)(H,29,31,32). The van der Waals surface area contributed by atoms with Crippen molar-refractivity contribution in [3.63, 3.8) is 0 Å². The molecule has 0 aliphatic rings. The number of nitrogens with one attached hydrogen (secondary N) is 3. The second-order valence-corrected chi connectivity index (χ2v) is 9.11. The van der Waals surface area contributed by atoms with E-state index < -0.39 is 18.0 Å². The van der Waals surface area contributed by atoms with Gasteiger partial charge in [-0.25, -0.2) is 4.79 Å². The van der Waals surface area contributed by atoms with Gasteiger partial charge in [-0.2, -0.15) is 0 Å². The molecule has 4 rings (SSSR count). The number of carbonyl (C=O) groups is 2. The van der Waals surface area contributed by atoms with E-state index in [2.05, 4.69) is 26.1 Å². The highest BCUT2D eigenvalue weighted by atomic mass is 35.5. The third kappa shape index (κ3) is 6.54. The number of anilines is 2. The molecule has 10 heteroatoms. The quantitative estimate of drug-likeness (QED) is 0.288. The van der Waals surface area contributed by atoms with E-state index in [0.29, 0.717) is 32.3 Å². The van der Waals surface area contributed by atoms with Gasteiger partial charge >= 0.3 is 6.03 Å². The molecule has 0 bridgehead atoms. The van der Waals surface area contributed by atoms with Crippen LogP contribution >= 0.6 is 34.5 Å². The van der Waals surface area contributed by atoms with Gasteiger partial charge in [-0.15, -0.1) is 10.2 Å². The molecule has 0 aliphatic carbocycles. The number of carbonyl (C=O) groups excluding carboxylic acids is 2. The number of aromatic nitrogens is 2. The number of benzene rings is 3. The van der Waals surface area contributed by atoms with Crippen molar-refractivity contribution in [3.8, 4) is 10.6 Å². The molecule has 0 fully saturated rings. The molecule has 34 heavy (non-hydrogen) atoms. The van der Waals surface area contributed by atoms with Gasteiger partial charge in [0.1, 0.15) is 11.0 Å². The van der Waals surface area contributed by atoms with Gasteiger partial charge in [0.25, 0.3) is 0 Å². The molecule has 1 atom stereocenters. The Morgan fingerprint density at radius 1 is 0.824 bits per heavy atom. The van der Waals surface area contributed by atoms with E-state index >= 15 is 0 Å². The molecular weight excluding hydrogens is 493 g/mol. The van der Waals surface area contributed by atoms with Gasteiger partial charge in [0.2, 0.25) is 11.0 Å². The summed E-state index contributed by atoms with van der Waals surface area (Å²) in [5.74, 6) is -0.408. The lowest BCUT2D eigenvalue weighted by molar-refractivity contribution is -0.117. The Bertz CT molecular complexity index is 1260. The molecule has 0 saturated carbocycles. The summed E-state index contributed by atoms with van der Waals surface area (Å²) in [6, 6.07) is 21.9. The fourth-order valence-corrected chi connectivity index (χ4v) is 4.10. The van der Waals surface area contributed by atoms with Gasteiger partial charge in [0.05, 0.1) is 0 Å². The van der Waals surface area contributed by atoms with Gasteiger partial charge in [-0.3, -0.25) is 10.1 Å². The van der Waals surface area contributed by atoms with Crippen LogP contribution in [0.4, 0.5) is 15.6 Å². The Balaban J connectivity index is 1.46. The van der Waals surface area contributed by atoms with Crippen molar-refractivity contribution in [2.45, 2.75) is 12.5 Å². The molecule has 0 radical (unpaired) electrons. The summed E-state index contributed by atoms with van der Waals surface area (Å²) in [5.41, 5.74) is 2.29. The van der Waals surface area contributed by atoms with E-state index in [9.17, 15) is 9.59 Å². The number of hydrogen-bond acceptors (Lipinski definition) is 5. The second kappa shape index (κ2) is 11.1. The van der Waals surface area contributed by atoms with Crippen molar-refractivity contribution in [2.75, 3.05) is 10.6 Å². The molecule has 3 aromatic carbocycles. The van der Waals surface area contributed by atoms with Crippen LogP contribution < -0.4 is 16.0 Å². The van der Waals surface area contributed by atoms with Crippen LogP contribution in [0.25, 0.3) is 10.6 Å². The second-order valence-electron chi connectivity index (χ2n) is 7.26. The SMILES string of the molecule is O=C(Nc1ccc(Cl)cc1)NC(Cc1ccccc1)C(=O)Nc1nnc(-c2ccc(Cl)cc2)s1. The third-order valence-corrected chi connectivity index (χ3v) is 6.14. The van der Waals surface area contributed by atoms with Crippen molar-refractivity contribution in [3.05, 3.63) is 94.5 Å². The molecule has 1 heterocycles. The zero-order chi connectivity index (χ0) is 23.9. The lowest BCUT2D eigenvalue weighted by Gasteiger charge is -2.18. The summed E-state index contributed by atoms with van der Waals surface area (Å²) >= 11 is 13.1. The van der Waals surface area contributed by atoms with Crippen LogP contribution in [0.2, 0.25) is 10.0 Å². The molecule has 1 aromatic heterocycles. The molecule has 0 spiro atoms. The third-order valence-electron chi connectivity index (χ3n) is 4.75. The average Bonchev–Trinajstić information content (AvgIpc) is 3.29. The van der Waals surface area contributed by atoms with E-state index in [1.807, 2.05) is 42.5 Å². The van der Waals surface area contributed by atoms with Crippen LogP contribution in [0.15, 0.2) is 78.9 Å². The van der Waals surface area contributed by atoms with E-state index in [1.165, 1.54) is 11.3 Å². The summed E-state index contributed by atoms with van der Waals surface area (Å²) in [5, 5.41) is 18.6. The highest BCUT2D eigenvalue weighted by molar-refractivity contribution is 7.18. The molecule has 3 N–H and O–H groups in total. The molecule has 3 amide bonds. The molecule has 1 unspecified atom stereocenters. The van der Waals surface area contributed by atoms with Crippen LogP contribution in [0.1, 0.15) is 5.56 Å². The zero-order valence-corrected chi connectivity index (χ0v) is 20.0. The maximum Gasteiger partial charge on any atom is 0.319 e. The normalized spacial score (nSPS) is 11.5. The van der Waals surface area contributed by atoms with Crippen molar-refractivity contribution < 1.29 is 9.59 Å². The molecule has 0 aliphatic heterocycles. The van der Waals surface area contributed by atoms with Gasteiger partial charge in [-0.1, -0.05) is 77.0 Å². The minimum absolute atomic E-state index is 0.295. The summed E-state index contributed by atoms with van der Waals surface area (Å²) in [6.45, 7) is 0. The Hall–Kier alpha value is -3.46. The predicted molar refractivity (Wildman–Crippen MR) is 137 cm³/mol. The predicted octanol–water partition coefficient (Wildman–Crippen LogP) is 5.88. The van der Waals surface area contributed by atoms with Crippen molar-refractivity contribution >= 4 is 57.3 Å². The molecular formula is C24H19Cl2N5O2S. The van der Waals surface area contributed by atoms with Crippen LogP contribution in [-0.2, 0) is 11.2 Å². The fraction of sp³-hybridized carbons (Fsp3) is 0.0833. The number of amides is 3. The minimum Gasteiger partial charge on any atom is -0.326 e. The number of nitrogens with zero attached hydrogens (tertiary/aromatic N) is 2. The van der Waals surface area contributed by atoms with Crippen LogP contribution in [-0.4, -0.2) is 28.2 Å².